The van der Waals surface area contributed by atoms with Crippen LogP contribution in [0.5, 0.6) is 0 Å². The molecule has 2 aliphatic rings. The molecule has 1 saturated heterocycles. The lowest BCUT2D eigenvalue weighted by Crippen LogP contribution is -2.42. The molecule has 0 unspecified atom stereocenters. The van der Waals surface area contributed by atoms with Gasteiger partial charge in [-0.3, -0.25) is 5.41 Å². The number of para-hydroxylation sites is 1. The van der Waals surface area contributed by atoms with E-state index in [4.69, 9.17) is 15.9 Å². The zero-order chi connectivity index (χ0) is 15.9. The normalized spacial score (nSPS) is 18.1. The summed E-state index contributed by atoms with van der Waals surface area (Å²) in [6, 6.07) is 10.4. The highest BCUT2D eigenvalue weighted by Gasteiger charge is 2.56. The van der Waals surface area contributed by atoms with E-state index in [9.17, 15) is 0 Å². The molecule has 1 aromatic heterocycles. The summed E-state index contributed by atoms with van der Waals surface area (Å²) in [5.41, 5.74) is 12.6. The number of hydrogen-bond donors (Lipinski definition) is 3. The number of hydrogen-bond acceptors (Lipinski definition) is 3. The van der Waals surface area contributed by atoms with E-state index in [1.165, 1.54) is 17.1 Å². The van der Waals surface area contributed by atoms with E-state index in [0.717, 1.165) is 36.5 Å². The van der Waals surface area contributed by atoms with Crippen LogP contribution in [0.25, 0.3) is 5.69 Å². The van der Waals surface area contributed by atoms with E-state index in [0.29, 0.717) is 0 Å². The largest absolute Gasteiger partial charge is 0.370 e. The van der Waals surface area contributed by atoms with Gasteiger partial charge in [-0.1, -0.05) is 6.07 Å². The van der Waals surface area contributed by atoms with Crippen LogP contribution in [0, 0.1) is 5.41 Å². The van der Waals surface area contributed by atoms with Gasteiger partial charge in [0.15, 0.2) is 0 Å². The van der Waals surface area contributed by atoms with Crippen LogP contribution in [-0.4, -0.2) is 43.0 Å². The van der Waals surface area contributed by atoms with Crippen LogP contribution in [0.1, 0.15) is 5.69 Å². The molecule has 0 saturated carbocycles. The molecule has 7 heteroatoms. The van der Waals surface area contributed by atoms with E-state index in [-0.39, 0.29) is 5.96 Å². The van der Waals surface area contributed by atoms with Crippen LogP contribution in [-0.2, 0) is 4.74 Å². The van der Waals surface area contributed by atoms with Gasteiger partial charge >= 0.3 is 0 Å². The minimum absolute atomic E-state index is 0.177. The second-order valence-electron chi connectivity index (χ2n) is 5.76. The molecule has 2 aliphatic heterocycles. The number of fused-ring (bicyclic) bond motifs is 3. The van der Waals surface area contributed by atoms with Crippen molar-refractivity contribution in [1.82, 2.24) is 14.5 Å². The SMILES string of the molecule is N=C(N)NN=Cc1cccn1-c1cccc2c1[N+]21CCOCC1. The zero-order valence-corrected chi connectivity index (χ0v) is 12.7. The molecule has 1 spiro atoms. The van der Waals surface area contributed by atoms with Crippen LogP contribution in [0.15, 0.2) is 41.6 Å². The summed E-state index contributed by atoms with van der Waals surface area (Å²) in [5.74, 6) is -0.177. The molecule has 118 valence electrons. The standard InChI is InChI=1S/C16H19N6O/c17-16(18)20-19-11-12-3-2-6-21(12)13-4-1-5-14-15(13)22(14)7-9-23-10-8-22/h1-6,11H,7-10H2,(H4,17,18,20)/q+1. The number of guanidine groups is 1. The predicted molar refractivity (Wildman–Crippen MR) is 90.4 cm³/mol. The van der Waals surface area contributed by atoms with Crippen molar-refractivity contribution in [2.24, 2.45) is 10.8 Å². The van der Waals surface area contributed by atoms with Gasteiger partial charge in [-0.2, -0.15) is 5.10 Å². The van der Waals surface area contributed by atoms with Gasteiger partial charge < -0.3 is 15.0 Å². The van der Waals surface area contributed by atoms with Crippen molar-refractivity contribution < 1.29 is 4.74 Å². The molecule has 1 aromatic carbocycles. The van der Waals surface area contributed by atoms with Crippen LogP contribution in [0.3, 0.4) is 0 Å². The Bertz CT molecular complexity index is 788. The second kappa shape index (κ2) is 5.22. The van der Waals surface area contributed by atoms with Crippen LogP contribution in [0.2, 0.25) is 0 Å². The van der Waals surface area contributed by atoms with Crippen molar-refractivity contribution >= 4 is 23.5 Å². The number of nitrogens with one attached hydrogen (secondary N) is 2. The molecule has 7 nitrogen and oxygen atoms in total. The number of rotatable bonds is 3. The van der Waals surface area contributed by atoms with Crippen molar-refractivity contribution in [2.75, 3.05) is 26.3 Å². The number of ether oxygens (including phenoxy) is 1. The smallest absolute Gasteiger partial charge is 0.224 e. The first-order chi connectivity index (χ1) is 11.2. The topological polar surface area (TPSA) is 88.4 Å². The Labute approximate surface area is 134 Å². The molecule has 1 fully saturated rings. The monoisotopic (exact) mass is 311 g/mol. The third-order valence-corrected chi connectivity index (χ3v) is 4.49. The summed E-state index contributed by atoms with van der Waals surface area (Å²) < 4.78 is 8.59. The number of nitrogens with zero attached hydrogens (tertiary/aromatic N) is 3. The molecule has 4 N–H and O–H groups in total. The number of benzene rings is 1. The number of quaternary nitrogens is 1. The van der Waals surface area contributed by atoms with Gasteiger partial charge in [-0.05, 0) is 18.2 Å². The minimum atomic E-state index is -0.177. The summed E-state index contributed by atoms with van der Waals surface area (Å²) in [5, 5.41) is 11.1. The second-order valence-corrected chi connectivity index (χ2v) is 5.76. The first-order valence-corrected chi connectivity index (χ1v) is 7.62. The van der Waals surface area contributed by atoms with Gasteiger partial charge in [-0.15, -0.1) is 0 Å². The first-order valence-electron chi connectivity index (χ1n) is 7.62. The molecule has 23 heavy (non-hydrogen) atoms. The summed E-state index contributed by atoms with van der Waals surface area (Å²) in [6.07, 6.45) is 3.70. The predicted octanol–water partition coefficient (Wildman–Crippen LogP) is 1.28. The molecular weight excluding hydrogens is 292 g/mol. The van der Waals surface area contributed by atoms with E-state index < -0.39 is 0 Å². The highest BCUT2D eigenvalue weighted by atomic mass is 16.5. The number of morpholine rings is 1. The Morgan fingerprint density at radius 1 is 1.30 bits per heavy atom. The maximum Gasteiger partial charge on any atom is 0.224 e. The molecule has 4 rings (SSSR count). The lowest BCUT2D eigenvalue weighted by molar-refractivity contribution is 0.0775. The van der Waals surface area contributed by atoms with Gasteiger partial charge in [0, 0.05) is 12.3 Å². The van der Waals surface area contributed by atoms with Crippen LogP contribution < -0.4 is 15.6 Å². The third kappa shape index (κ3) is 2.21. The molecule has 0 bridgehead atoms. The quantitative estimate of drug-likeness (QED) is 0.262. The van der Waals surface area contributed by atoms with Crippen molar-refractivity contribution in [3.8, 4) is 5.69 Å². The average Bonchev–Trinajstić information content (AvgIpc) is 2.94. The Balaban J connectivity index is 1.68. The lowest BCUT2D eigenvalue weighted by Gasteiger charge is -2.23. The maximum absolute atomic E-state index is 7.14. The van der Waals surface area contributed by atoms with Crippen LogP contribution in [0.4, 0.5) is 11.4 Å². The van der Waals surface area contributed by atoms with Crippen molar-refractivity contribution in [1.29, 1.82) is 5.41 Å². The van der Waals surface area contributed by atoms with Gasteiger partial charge in [-0.25, -0.2) is 9.91 Å². The van der Waals surface area contributed by atoms with E-state index >= 15 is 0 Å². The fraction of sp³-hybridized carbons (Fsp3) is 0.250. The van der Waals surface area contributed by atoms with Crippen molar-refractivity contribution in [3.05, 3.63) is 42.2 Å². The molecule has 0 aliphatic carbocycles. The number of aromatic nitrogens is 1. The maximum atomic E-state index is 7.14. The molecular formula is C16H19N6O+. The third-order valence-electron chi connectivity index (χ3n) is 4.49. The van der Waals surface area contributed by atoms with Crippen molar-refractivity contribution in [3.63, 3.8) is 0 Å². The molecule has 3 heterocycles. The fourth-order valence-corrected chi connectivity index (χ4v) is 3.42. The fourth-order valence-electron chi connectivity index (χ4n) is 3.42. The molecule has 0 atom stereocenters. The summed E-state index contributed by atoms with van der Waals surface area (Å²) in [7, 11) is 0. The minimum Gasteiger partial charge on any atom is -0.370 e. The van der Waals surface area contributed by atoms with E-state index in [2.05, 4.69) is 33.3 Å². The molecule has 0 amide bonds. The van der Waals surface area contributed by atoms with E-state index in [1.807, 2.05) is 18.3 Å². The molecule has 2 aromatic rings. The lowest BCUT2D eigenvalue weighted by atomic mass is 10.3. The van der Waals surface area contributed by atoms with Crippen molar-refractivity contribution in [2.45, 2.75) is 0 Å². The first kappa shape index (κ1) is 14.0. The average molecular weight is 311 g/mol. The van der Waals surface area contributed by atoms with E-state index in [1.54, 1.807) is 6.21 Å². The van der Waals surface area contributed by atoms with Gasteiger partial charge in [0.2, 0.25) is 17.3 Å². The molecule has 0 radical (unpaired) electrons. The van der Waals surface area contributed by atoms with Gasteiger partial charge in [0.1, 0.15) is 18.8 Å². The highest BCUT2D eigenvalue weighted by Crippen LogP contribution is 2.59. The Morgan fingerprint density at radius 3 is 2.91 bits per heavy atom. The zero-order valence-electron chi connectivity index (χ0n) is 12.7. The van der Waals surface area contributed by atoms with Gasteiger partial charge in [0.25, 0.3) is 0 Å². The Morgan fingerprint density at radius 2 is 2.13 bits per heavy atom. The summed E-state index contributed by atoms with van der Waals surface area (Å²) in [6.45, 7) is 3.61. The van der Waals surface area contributed by atoms with Gasteiger partial charge in [0.05, 0.1) is 25.1 Å². The Kier molecular flexibility index (Phi) is 3.17. The summed E-state index contributed by atoms with van der Waals surface area (Å²) in [4.78, 5) is 0. The summed E-state index contributed by atoms with van der Waals surface area (Å²) >= 11 is 0. The van der Waals surface area contributed by atoms with Crippen LogP contribution >= 0.6 is 0 Å². The Hall–Kier alpha value is -2.64. The number of hydrazone groups is 1. The number of nitrogens with two attached hydrogens (primary N) is 1. The highest BCUT2D eigenvalue weighted by molar-refractivity contribution is 5.95.